The Morgan fingerprint density at radius 1 is 1.22 bits per heavy atom. The van der Waals surface area contributed by atoms with Gasteiger partial charge in [0.25, 0.3) is 0 Å². The third-order valence-electron chi connectivity index (χ3n) is 7.85. The van der Waals surface area contributed by atoms with Crippen LogP contribution in [0, 0.1) is 5.41 Å². The van der Waals surface area contributed by atoms with Crippen LogP contribution >= 0.6 is 0 Å². The number of ether oxygens (including phenoxy) is 2. The molecular weight excluding hydrogens is 570 g/mol. The summed E-state index contributed by atoms with van der Waals surface area (Å²) in [5.74, 6) is 0.381. The number of piperidine rings is 1. The Balaban J connectivity index is 1.27. The number of carbonyl (C=O) groups excluding carboxylic acids is 2. The maximum Gasteiger partial charge on any atom is 0.244 e. The van der Waals surface area contributed by atoms with E-state index in [-0.39, 0.29) is 30.3 Å². The van der Waals surface area contributed by atoms with E-state index in [9.17, 15) is 9.59 Å². The highest BCUT2D eigenvalue weighted by atomic mass is 16.5. The van der Waals surface area contributed by atoms with E-state index in [2.05, 4.69) is 44.1 Å². The van der Waals surface area contributed by atoms with Crippen LogP contribution in [0.4, 0.5) is 5.69 Å². The van der Waals surface area contributed by atoms with Crippen molar-refractivity contribution in [2.24, 2.45) is 10.5 Å². The van der Waals surface area contributed by atoms with Gasteiger partial charge in [0.1, 0.15) is 23.8 Å². The van der Waals surface area contributed by atoms with Crippen molar-refractivity contribution in [2.75, 3.05) is 38.3 Å². The van der Waals surface area contributed by atoms with Crippen molar-refractivity contribution in [1.82, 2.24) is 15.3 Å². The van der Waals surface area contributed by atoms with Gasteiger partial charge in [0.05, 0.1) is 18.7 Å². The number of hydrogen-bond donors (Lipinski definition) is 2. The molecule has 0 radical (unpaired) electrons. The van der Waals surface area contributed by atoms with E-state index < -0.39 is 6.04 Å². The number of benzene rings is 2. The number of nitrogens with zero attached hydrogens (tertiary/aromatic N) is 5. The van der Waals surface area contributed by atoms with Crippen LogP contribution in [0.5, 0.6) is 11.5 Å². The summed E-state index contributed by atoms with van der Waals surface area (Å²) >= 11 is 0. The van der Waals surface area contributed by atoms with E-state index in [0.717, 1.165) is 41.8 Å². The molecule has 1 saturated heterocycles. The minimum Gasteiger partial charge on any atom is -0.496 e. The molecule has 1 amide bonds. The largest absolute Gasteiger partial charge is 0.496 e. The molecule has 0 saturated carbocycles. The van der Waals surface area contributed by atoms with Crippen LogP contribution in [0.3, 0.4) is 0 Å². The normalized spacial score (nSPS) is 15.0. The first-order valence-corrected chi connectivity index (χ1v) is 14.9. The van der Waals surface area contributed by atoms with Crippen LogP contribution in [0.25, 0.3) is 27.6 Å². The maximum atomic E-state index is 13.7. The first kappa shape index (κ1) is 31.2. The number of aromatic nitrogens is 2. The Hall–Kier alpha value is -5.28. The molecule has 45 heavy (non-hydrogen) atoms. The molecule has 1 aliphatic rings. The summed E-state index contributed by atoms with van der Waals surface area (Å²) in [5, 5.41) is 7.34. The average molecular weight is 608 g/mol. The number of nitrogens with one attached hydrogen (secondary N) is 2. The highest BCUT2D eigenvalue weighted by molar-refractivity contribution is 6.11. The van der Waals surface area contributed by atoms with Gasteiger partial charge in [0.15, 0.2) is 5.78 Å². The van der Waals surface area contributed by atoms with Crippen molar-refractivity contribution in [1.29, 1.82) is 0 Å². The minimum atomic E-state index is -0.604. The van der Waals surface area contributed by atoms with Gasteiger partial charge in [-0.25, -0.2) is 4.98 Å². The number of aromatic amines is 1. The Morgan fingerprint density at radius 2 is 2.09 bits per heavy atom. The molecule has 0 spiro atoms. The van der Waals surface area contributed by atoms with Crippen LogP contribution in [0.1, 0.15) is 48.2 Å². The van der Waals surface area contributed by atoms with E-state index in [1.54, 1.807) is 49.8 Å². The lowest BCUT2D eigenvalue weighted by Gasteiger charge is -2.39. The van der Waals surface area contributed by atoms with Crippen molar-refractivity contribution < 1.29 is 19.1 Å². The van der Waals surface area contributed by atoms with Gasteiger partial charge < -0.3 is 24.7 Å². The summed E-state index contributed by atoms with van der Waals surface area (Å²) in [7, 11) is 1.56. The number of ketones is 1. The third kappa shape index (κ3) is 7.82. The number of anilines is 1. The van der Waals surface area contributed by atoms with Crippen molar-refractivity contribution in [3.05, 3.63) is 100 Å². The van der Waals surface area contributed by atoms with E-state index in [1.165, 1.54) is 12.5 Å². The molecule has 1 atom stereocenters. The highest BCUT2D eigenvalue weighted by Crippen LogP contribution is 2.34. The number of amides is 1. The van der Waals surface area contributed by atoms with Gasteiger partial charge in [0.2, 0.25) is 5.91 Å². The highest BCUT2D eigenvalue weighted by Gasteiger charge is 2.27. The number of methoxy groups -OCH3 is 1. The lowest BCUT2D eigenvalue weighted by Crippen LogP contribution is -2.40. The Bertz CT molecular complexity index is 1760. The van der Waals surface area contributed by atoms with Gasteiger partial charge in [-0.2, -0.15) is 0 Å². The maximum absolute atomic E-state index is 13.7. The van der Waals surface area contributed by atoms with Gasteiger partial charge in [0, 0.05) is 65.2 Å². The number of pyridine rings is 1. The predicted molar refractivity (Wildman–Crippen MR) is 175 cm³/mol. The van der Waals surface area contributed by atoms with E-state index in [0.29, 0.717) is 22.6 Å². The van der Waals surface area contributed by atoms with Crippen molar-refractivity contribution >= 4 is 34.5 Å². The lowest BCUT2D eigenvalue weighted by molar-refractivity contribution is -0.117. The quantitative estimate of drug-likeness (QED) is 0.0634. The van der Waals surface area contributed by atoms with E-state index in [1.807, 2.05) is 30.3 Å². The van der Waals surface area contributed by atoms with Gasteiger partial charge in [-0.15, -0.1) is 0 Å². The molecule has 0 bridgehead atoms. The second kappa shape index (κ2) is 14.0. The Morgan fingerprint density at radius 3 is 2.89 bits per heavy atom. The van der Waals surface area contributed by atoms with Crippen LogP contribution in [0.15, 0.2) is 78.2 Å². The smallest absolute Gasteiger partial charge is 0.244 e. The fraction of sp³-hybridized carbons (Fsp3) is 0.324. The number of azide groups is 1. The lowest BCUT2D eigenvalue weighted by atomic mass is 9.84. The standard InChI is InChI=1S/C34H37N7O4/c1-34(2)14-6-16-41(22-34)26-11-12-30(44-3)29(18-26)32(43)23-7-4-8-27(17-23)45-21-25(20-38-40-35)39-31(42)13-10-24-19-37-33-28(24)9-5-15-36-33/h4-5,7-13,15,17-19,25H,6,14,16,20-22H2,1-3H3,(H,36,37)(H,39,42)/b13-10+/t25-/m1/s1. The van der Waals surface area contributed by atoms with Crippen molar-refractivity contribution in [3.63, 3.8) is 0 Å². The topological polar surface area (TPSA) is 145 Å². The molecule has 11 heteroatoms. The number of carbonyl (C=O) groups is 2. The molecule has 0 unspecified atom stereocenters. The van der Waals surface area contributed by atoms with Crippen LogP contribution in [-0.4, -0.2) is 61.1 Å². The van der Waals surface area contributed by atoms with Gasteiger partial charge in [-0.3, -0.25) is 9.59 Å². The summed E-state index contributed by atoms with van der Waals surface area (Å²) in [6.07, 6.45) is 8.83. The summed E-state index contributed by atoms with van der Waals surface area (Å²) in [5.41, 5.74) is 12.5. The summed E-state index contributed by atoms with van der Waals surface area (Å²) < 4.78 is 11.5. The first-order chi connectivity index (χ1) is 21.8. The fourth-order valence-electron chi connectivity index (χ4n) is 5.60. The minimum absolute atomic E-state index is 0.0109. The first-order valence-electron chi connectivity index (χ1n) is 14.9. The number of H-pyrrole nitrogens is 1. The average Bonchev–Trinajstić information content (AvgIpc) is 3.47. The molecule has 2 aromatic carbocycles. The van der Waals surface area contributed by atoms with E-state index in [4.69, 9.17) is 15.0 Å². The molecule has 2 aromatic heterocycles. The molecule has 0 aliphatic carbocycles. The second-order valence-electron chi connectivity index (χ2n) is 11.8. The zero-order valence-electron chi connectivity index (χ0n) is 25.7. The van der Waals surface area contributed by atoms with Crippen molar-refractivity contribution in [2.45, 2.75) is 32.7 Å². The monoisotopic (exact) mass is 607 g/mol. The SMILES string of the molecule is COc1ccc(N2CCCC(C)(C)C2)cc1C(=O)c1cccc(OC[C@@H](CN=[N+]=[N-])NC(=O)/C=C/c2c[nH]c3ncccc23)c1. The molecule has 1 fully saturated rings. The molecule has 2 N–H and O–H groups in total. The third-order valence-corrected chi connectivity index (χ3v) is 7.85. The molecule has 5 rings (SSSR count). The Kier molecular flexibility index (Phi) is 9.70. The van der Waals surface area contributed by atoms with Gasteiger partial charge in [-0.1, -0.05) is 31.1 Å². The van der Waals surface area contributed by atoms with Crippen LogP contribution < -0.4 is 19.7 Å². The summed E-state index contributed by atoms with van der Waals surface area (Å²) in [6.45, 7) is 6.40. The fourth-order valence-corrected chi connectivity index (χ4v) is 5.60. The Labute approximate surface area is 261 Å². The van der Waals surface area contributed by atoms with Crippen LogP contribution in [-0.2, 0) is 4.79 Å². The second-order valence-corrected chi connectivity index (χ2v) is 11.8. The zero-order chi connectivity index (χ0) is 31.8. The molecule has 4 aromatic rings. The molecule has 1 aliphatic heterocycles. The zero-order valence-corrected chi connectivity index (χ0v) is 25.7. The van der Waals surface area contributed by atoms with Crippen molar-refractivity contribution in [3.8, 4) is 11.5 Å². The predicted octanol–water partition coefficient (Wildman–Crippen LogP) is 6.32. The van der Waals surface area contributed by atoms with Gasteiger partial charge in [-0.05, 0) is 72.3 Å². The van der Waals surface area contributed by atoms with Crippen LogP contribution in [0.2, 0.25) is 0 Å². The number of hydrogen-bond acceptors (Lipinski definition) is 7. The molecular formula is C34H37N7O4. The molecule has 11 nitrogen and oxygen atoms in total. The number of fused-ring (bicyclic) bond motifs is 1. The van der Waals surface area contributed by atoms with E-state index >= 15 is 0 Å². The molecule has 232 valence electrons. The number of rotatable bonds is 12. The van der Waals surface area contributed by atoms with Gasteiger partial charge >= 0.3 is 0 Å². The summed E-state index contributed by atoms with van der Waals surface area (Å²) in [6, 6.07) is 15.8. The molecule has 3 heterocycles. The summed E-state index contributed by atoms with van der Waals surface area (Å²) in [4.78, 5) is 38.9.